The number of carbonyl (C=O) groups excluding carboxylic acids is 1. The number of likely N-dealkylation sites (tertiary alicyclic amines) is 2. The second-order valence-electron chi connectivity index (χ2n) is 9.49. The van der Waals surface area contributed by atoms with Crippen LogP contribution in [0.4, 0.5) is 0 Å². The van der Waals surface area contributed by atoms with Gasteiger partial charge < -0.3 is 9.80 Å². The molecule has 174 valence electrons. The van der Waals surface area contributed by atoms with E-state index in [9.17, 15) is 13.2 Å². The lowest BCUT2D eigenvalue weighted by atomic mass is 9.94. The van der Waals surface area contributed by atoms with Gasteiger partial charge in [-0.2, -0.15) is 0 Å². The molecule has 2 aromatic carbocycles. The lowest BCUT2D eigenvalue weighted by molar-refractivity contribution is -0.133. The zero-order chi connectivity index (χ0) is 22.6. The first-order valence-electron chi connectivity index (χ1n) is 11.9. The highest BCUT2D eigenvalue weighted by molar-refractivity contribution is 7.89. The molecule has 7 heteroatoms. The van der Waals surface area contributed by atoms with Crippen LogP contribution in [0.3, 0.4) is 0 Å². The van der Waals surface area contributed by atoms with Crippen molar-refractivity contribution < 1.29 is 13.2 Å². The molecule has 32 heavy (non-hydrogen) atoms. The van der Waals surface area contributed by atoms with Crippen molar-refractivity contribution in [2.24, 2.45) is 11.8 Å². The van der Waals surface area contributed by atoms with Gasteiger partial charge in [-0.1, -0.05) is 37.3 Å². The van der Waals surface area contributed by atoms with E-state index in [1.54, 1.807) is 12.1 Å². The van der Waals surface area contributed by atoms with Gasteiger partial charge in [0.15, 0.2) is 0 Å². The van der Waals surface area contributed by atoms with Crippen LogP contribution in [0.1, 0.15) is 39.0 Å². The van der Waals surface area contributed by atoms with Gasteiger partial charge in [-0.3, -0.25) is 4.79 Å². The van der Waals surface area contributed by atoms with Crippen molar-refractivity contribution in [2.75, 3.05) is 39.3 Å². The number of hydrogen-bond acceptors (Lipinski definition) is 4. The minimum absolute atomic E-state index is 0.0446. The first-order valence-corrected chi connectivity index (χ1v) is 13.4. The molecule has 2 aromatic rings. The maximum Gasteiger partial charge on any atom is 0.240 e. The quantitative estimate of drug-likeness (QED) is 0.691. The molecule has 0 radical (unpaired) electrons. The Balaban J connectivity index is 1.26. The molecule has 0 spiro atoms. The average Bonchev–Trinajstić information content (AvgIpc) is 2.80. The molecule has 2 aliphatic rings. The fourth-order valence-corrected chi connectivity index (χ4v) is 5.99. The largest absolute Gasteiger partial charge is 0.342 e. The van der Waals surface area contributed by atoms with Gasteiger partial charge in [0, 0.05) is 32.6 Å². The molecule has 0 bridgehead atoms. The summed E-state index contributed by atoms with van der Waals surface area (Å²) in [7, 11) is -3.64. The van der Waals surface area contributed by atoms with E-state index in [1.807, 2.05) is 35.2 Å². The van der Waals surface area contributed by atoms with Gasteiger partial charge in [-0.15, -0.1) is 0 Å². The highest BCUT2D eigenvalue weighted by atomic mass is 32.2. The molecule has 6 nitrogen and oxygen atoms in total. The van der Waals surface area contributed by atoms with E-state index >= 15 is 0 Å². The van der Waals surface area contributed by atoms with Gasteiger partial charge in [0.25, 0.3) is 0 Å². The minimum atomic E-state index is -3.64. The summed E-state index contributed by atoms with van der Waals surface area (Å²) in [5.41, 5.74) is 0. The van der Waals surface area contributed by atoms with E-state index in [-0.39, 0.29) is 23.8 Å². The predicted molar refractivity (Wildman–Crippen MR) is 128 cm³/mol. The van der Waals surface area contributed by atoms with E-state index in [2.05, 4.69) is 16.5 Å². The summed E-state index contributed by atoms with van der Waals surface area (Å²) in [6.07, 6.45) is 4.94. The van der Waals surface area contributed by atoms with Crippen molar-refractivity contribution in [1.82, 2.24) is 14.5 Å². The number of fused-ring (bicyclic) bond motifs is 1. The third-order valence-electron chi connectivity index (χ3n) is 6.93. The van der Waals surface area contributed by atoms with Gasteiger partial charge in [-0.05, 0) is 73.5 Å². The Kier molecular flexibility index (Phi) is 7.48. The maximum absolute atomic E-state index is 12.8. The summed E-state index contributed by atoms with van der Waals surface area (Å²) in [5.74, 6) is 1.40. The number of hydrogen-bond donors (Lipinski definition) is 1. The Morgan fingerprint density at radius 3 is 2.56 bits per heavy atom. The number of nitrogens with one attached hydrogen (secondary N) is 1. The molecule has 1 atom stereocenters. The van der Waals surface area contributed by atoms with Gasteiger partial charge in [0.1, 0.15) is 0 Å². The number of piperidine rings is 2. The number of carbonyl (C=O) groups is 1. The van der Waals surface area contributed by atoms with Crippen LogP contribution in [0, 0.1) is 11.8 Å². The first-order chi connectivity index (χ1) is 15.4. The minimum Gasteiger partial charge on any atom is -0.342 e. The smallest absolute Gasteiger partial charge is 0.240 e. The third-order valence-corrected chi connectivity index (χ3v) is 8.39. The van der Waals surface area contributed by atoms with Gasteiger partial charge in [0.2, 0.25) is 15.9 Å². The zero-order valence-corrected chi connectivity index (χ0v) is 19.8. The van der Waals surface area contributed by atoms with Crippen LogP contribution in [0.2, 0.25) is 0 Å². The van der Waals surface area contributed by atoms with E-state index in [4.69, 9.17) is 0 Å². The monoisotopic (exact) mass is 457 g/mol. The number of benzene rings is 2. The highest BCUT2D eigenvalue weighted by Crippen LogP contribution is 2.22. The molecule has 1 N–H and O–H groups in total. The molecular weight excluding hydrogens is 422 g/mol. The SMILES string of the molecule is CC1CCN(CC2CCCN(C(=O)CCNS(=O)(=O)c3ccc4ccccc4c3)C2)CC1. The Morgan fingerprint density at radius 1 is 1.03 bits per heavy atom. The number of amides is 1. The fourth-order valence-electron chi connectivity index (χ4n) is 4.92. The van der Waals surface area contributed by atoms with Crippen LogP contribution in [0.5, 0.6) is 0 Å². The molecule has 1 amide bonds. The summed E-state index contributed by atoms with van der Waals surface area (Å²) in [6.45, 7) is 7.44. The molecule has 2 heterocycles. The summed E-state index contributed by atoms with van der Waals surface area (Å²) in [6, 6.07) is 12.8. The highest BCUT2D eigenvalue weighted by Gasteiger charge is 2.26. The van der Waals surface area contributed by atoms with Crippen LogP contribution in [-0.2, 0) is 14.8 Å². The molecule has 2 fully saturated rings. The van der Waals surface area contributed by atoms with Gasteiger partial charge in [0.05, 0.1) is 4.90 Å². The third kappa shape index (κ3) is 5.88. The van der Waals surface area contributed by atoms with Gasteiger partial charge in [-0.25, -0.2) is 13.1 Å². The Bertz CT molecular complexity index is 1030. The lowest BCUT2D eigenvalue weighted by Gasteiger charge is -2.38. The van der Waals surface area contributed by atoms with Crippen molar-refractivity contribution >= 4 is 26.7 Å². The first kappa shape index (κ1) is 23.2. The topological polar surface area (TPSA) is 69.7 Å². The molecular formula is C25H35N3O3S. The van der Waals surface area contributed by atoms with Gasteiger partial charge >= 0.3 is 0 Å². The molecule has 0 aliphatic carbocycles. The van der Waals surface area contributed by atoms with Crippen LogP contribution in [-0.4, -0.2) is 63.4 Å². The molecule has 0 saturated carbocycles. The number of nitrogens with zero attached hydrogens (tertiary/aromatic N) is 2. The number of rotatable bonds is 7. The van der Waals surface area contributed by atoms with Crippen LogP contribution in [0.15, 0.2) is 47.4 Å². The standard InChI is InChI=1S/C25H35N3O3S/c1-20-11-15-27(16-12-20)18-21-5-4-14-28(19-21)25(29)10-13-26-32(30,31)24-9-8-22-6-2-3-7-23(22)17-24/h2-3,6-9,17,20-21,26H,4-5,10-16,18-19H2,1H3. The molecule has 1 unspecified atom stereocenters. The zero-order valence-electron chi connectivity index (χ0n) is 19.0. The van der Waals surface area contributed by atoms with Crippen LogP contribution < -0.4 is 4.72 Å². The molecule has 4 rings (SSSR count). The van der Waals surface area contributed by atoms with E-state index in [0.29, 0.717) is 5.92 Å². The van der Waals surface area contributed by atoms with Crippen LogP contribution in [0.25, 0.3) is 10.8 Å². The fraction of sp³-hybridized carbons (Fsp3) is 0.560. The summed E-state index contributed by atoms with van der Waals surface area (Å²) in [4.78, 5) is 17.5. The maximum atomic E-state index is 12.8. The predicted octanol–water partition coefficient (Wildman–Crippen LogP) is 3.48. The molecule has 0 aromatic heterocycles. The van der Waals surface area contributed by atoms with E-state index in [1.165, 1.54) is 32.4 Å². The van der Waals surface area contributed by atoms with Crippen molar-refractivity contribution in [2.45, 2.75) is 43.9 Å². The van der Waals surface area contributed by atoms with Crippen LogP contribution >= 0.6 is 0 Å². The van der Waals surface area contributed by atoms with Crippen molar-refractivity contribution in [1.29, 1.82) is 0 Å². The summed E-state index contributed by atoms with van der Waals surface area (Å²) in [5, 5.41) is 1.88. The summed E-state index contributed by atoms with van der Waals surface area (Å²) >= 11 is 0. The second kappa shape index (κ2) is 10.3. The van der Waals surface area contributed by atoms with Crippen molar-refractivity contribution in [3.8, 4) is 0 Å². The Morgan fingerprint density at radius 2 is 1.78 bits per heavy atom. The second-order valence-corrected chi connectivity index (χ2v) is 11.3. The summed E-state index contributed by atoms with van der Waals surface area (Å²) < 4.78 is 28.0. The average molecular weight is 458 g/mol. The molecule has 2 saturated heterocycles. The molecule has 2 aliphatic heterocycles. The lowest BCUT2D eigenvalue weighted by Crippen LogP contribution is -2.45. The normalized spacial score (nSPS) is 21.2. The Labute approximate surface area is 192 Å². The van der Waals surface area contributed by atoms with Crippen molar-refractivity contribution in [3.05, 3.63) is 42.5 Å². The van der Waals surface area contributed by atoms with Crippen molar-refractivity contribution in [3.63, 3.8) is 0 Å². The Hall–Kier alpha value is -1.96. The van der Waals surface area contributed by atoms with E-state index < -0.39 is 10.0 Å². The number of sulfonamides is 1. The van der Waals surface area contributed by atoms with E-state index in [0.717, 1.165) is 42.7 Å².